The molecule has 5 nitrogen and oxygen atoms in total. The highest BCUT2D eigenvalue weighted by molar-refractivity contribution is 6.51. The fourth-order valence-corrected chi connectivity index (χ4v) is 5.49. The third-order valence-electron chi connectivity index (χ3n) is 7.58. The van der Waals surface area contributed by atoms with Crippen LogP contribution in [0, 0.1) is 0 Å². The van der Waals surface area contributed by atoms with Crippen molar-refractivity contribution < 1.29 is 19.4 Å². The van der Waals surface area contributed by atoms with Crippen molar-refractivity contribution in [1.29, 1.82) is 0 Å². The number of amides is 1. The number of benzene rings is 3. The Labute approximate surface area is 224 Å². The molecule has 1 atom stereocenters. The predicted octanol–water partition coefficient (Wildman–Crippen LogP) is 6.89. The quantitative estimate of drug-likeness (QED) is 0.231. The Morgan fingerprint density at radius 3 is 2.21 bits per heavy atom. The maximum absolute atomic E-state index is 13.5. The lowest BCUT2D eigenvalue weighted by atomic mass is 9.85. The number of hydrogen-bond acceptors (Lipinski definition) is 4. The van der Waals surface area contributed by atoms with E-state index in [2.05, 4.69) is 20.8 Å². The summed E-state index contributed by atoms with van der Waals surface area (Å²) in [5, 5.41) is 11.6. The van der Waals surface area contributed by atoms with Crippen molar-refractivity contribution in [2.45, 2.75) is 64.8 Å². The molecular weight excluding hydrogens is 474 g/mol. The molecule has 1 saturated heterocycles. The number of fused-ring (bicyclic) bond motifs is 1. The van der Waals surface area contributed by atoms with Gasteiger partial charge in [-0.3, -0.25) is 14.5 Å². The molecule has 1 N–H and O–H groups in total. The maximum atomic E-state index is 13.5. The van der Waals surface area contributed by atoms with E-state index in [0.717, 1.165) is 36.8 Å². The molecule has 3 aromatic rings. The average Bonchev–Trinajstić information content (AvgIpc) is 3.18. The summed E-state index contributed by atoms with van der Waals surface area (Å²) in [5.41, 5.74) is 5.63. The number of ketones is 1. The van der Waals surface area contributed by atoms with Crippen LogP contribution >= 0.6 is 0 Å². The van der Waals surface area contributed by atoms with Crippen molar-refractivity contribution in [3.05, 3.63) is 100 Å². The van der Waals surface area contributed by atoms with E-state index in [1.165, 1.54) is 16.0 Å². The van der Waals surface area contributed by atoms with Gasteiger partial charge in [-0.2, -0.15) is 0 Å². The maximum Gasteiger partial charge on any atom is 0.300 e. The van der Waals surface area contributed by atoms with Gasteiger partial charge < -0.3 is 9.84 Å². The zero-order valence-electron chi connectivity index (χ0n) is 22.6. The minimum Gasteiger partial charge on any atom is -0.507 e. The molecule has 1 heterocycles. The standard InChI is InChI=1S/C33H35NO4/c1-5-38-27-18-16-26(17-19-27)34-29(22-12-14-25(15-13-22)33(2,3)4)28(31(36)32(34)37)30(35)24-11-10-21-8-6-7-9-23(21)20-24/h10-20,29,35H,5-9H2,1-4H3/b30-28-. The molecule has 1 amide bonds. The summed E-state index contributed by atoms with van der Waals surface area (Å²) in [7, 11) is 0. The molecule has 0 saturated carbocycles. The third-order valence-corrected chi connectivity index (χ3v) is 7.58. The predicted molar refractivity (Wildman–Crippen MR) is 151 cm³/mol. The van der Waals surface area contributed by atoms with Gasteiger partial charge in [0.05, 0.1) is 18.2 Å². The molecule has 38 heavy (non-hydrogen) atoms. The van der Waals surface area contributed by atoms with Crippen LogP contribution in [0.15, 0.2) is 72.3 Å². The molecule has 5 rings (SSSR count). The summed E-state index contributed by atoms with van der Waals surface area (Å²) in [6.07, 6.45) is 4.25. The monoisotopic (exact) mass is 509 g/mol. The lowest BCUT2D eigenvalue weighted by molar-refractivity contribution is -0.132. The highest BCUT2D eigenvalue weighted by Crippen LogP contribution is 2.43. The highest BCUT2D eigenvalue weighted by Gasteiger charge is 2.47. The zero-order chi connectivity index (χ0) is 27.0. The first-order valence-electron chi connectivity index (χ1n) is 13.5. The third kappa shape index (κ3) is 4.73. The molecule has 1 unspecified atom stereocenters. The lowest BCUT2D eigenvalue weighted by Crippen LogP contribution is -2.29. The number of hydrogen-bond donors (Lipinski definition) is 1. The number of aliphatic hydroxyl groups excluding tert-OH is 1. The fraction of sp³-hybridized carbons (Fsp3) is 0.333. The van der Waals surface area contributed by atoms with Crippen molar-refractivity contribution >= 4 is 23.1 Å². The topological polar surface area (TPSA) is 66.8 Å². The van der Waals surface area contributed by atoms with Crippen LogP contribution in [0.25, 0.3) is 5.76 Å². The second-order valence-electron chi connectivity index (χ2n) is 11.2. The van der Waals surface area contributed by atoms with Crippen molar-refractivity contribution in [3.8, 4) is 5.75 Å². The minimum atomic E-state index is -0.752. The Hall–Kier alpha value is -3.86. The molecule has 0 radical (unpaired) electrons. The molecule has 3 aromatic carbocycles. The number of rotatable bonds is 5. The summed E-state index contributed by atoms with van der Waals surface area (Å²) in [5.74, 6) is -0.777. The largest absolute Gasteiger partial charge is 0.507 e. The van der Waals surface area contributed by atoms with Crippen LogP contribution in [-0.4, -0.2) is 23.4 Å². The Bertz CT molecular complexity index is 1390. The first-order chi connectivity index (χ1) is 18.2. The van der Waals surface area contributed by atoms with E-state index >= 15 is 0 Å². The van der Waals surface area contributed by atoms with Gasteiger partial charge in [0.15, 0.2) is 0 Å². The SMILES string of the molecule is CCOc1ccc(N2C(=O)C(=O)/C(=C(\O)c3ccc4c(c3)CCCC4)C2c2ccc(C(C)(C)C)cc2)cc1. The molecular formula is C33H35NO4. The first-order valence-corrected chi connectivity index (χ1v) is 13.5. The second kappa shape index (κ2) is 10.1. The highest BCUT2D eigenvalue weighted by atomic mass is 16.5. The van der Waals surface area contributed by atoms with Crippen molar-refractivity contribution in [1.82, 2.24) is 0 Å². The second-order valence-corrected chi connectivity index (χ2v) is 11.2. The van der Waals surface area contributed by atoms with Crippen LogP contribution in [0.1, 0.15) is 74.4 Å². The molecule has 196 valence electrons. The van der Waals surface area contributed by atoms with Gasteiger partial charge in [0.1, 0.15) is 11.5 Å². The van der Waals surface area contributed by atoms with Crippen LogP contribution < -0.4 is 9.64 Å². The Morgan fingerprint density at radius 2 is 1.58 bits per heavy atom. The Kier molecular flexibility index (Phi) is 6.87. The van der Waals surface area contributed by atoms with E-state index in [1.54, 1.807) is 24.3 Å². The van der Waals surface area contributed by atoms with Crippen molar-refractivity contribution in [3.63, 3.8) is 0 Å². The minimum absolute atomic E-state index is 0.0431. The van der Waals surface area contributed by atoms with Gasteiger partial charge in [-0.1, -0.05) is 57.2 Å². The van der Waals surface area contributed by atoms with E-state index in [0.29, 0.717) is 23.6 Å². The van der Waals surface area contributed by atoms with E-state index in [1.807, 2.05) is 49.4 Å². The first kappa shape index (κ1) is 25.8. The number of ether oxygens (including phenoxy) is 1. The van der Waals surface area contributed by atoms with Gasteiger partial charge in [0.25, 0.3) is 11.7 Å². The van der Waals surface area contributed by atoms with E-state index in [9.17, 15) is 14.7 Å². The van der Waals surface area contributed by atoms with Crippen molar-refractivity contribution in [2.75, 3.05) is 11.5 Å². The normalized spacial score (nSPS) is 18.9. The van der Waals surface area contributed by atoms with Crippen LogP contribution in [0.5, 0.6) is 5.75 Å². The van der Waals surface area contributed by atoms with Crippen LogP contribution in [-0.2, 0) is 27.8 Å². The van der Waals surface area contributed by atoms with Gasteiger partial charge in [-0.15, -0.1) is 0 Å². The summed E-state index contributed by atoms with van der Waals surface area (Å²) >= 11 is 0. The molecule has 0 spiro atoms. The number of anilines is 1. The number of carbonyl (C=O) groups excluding carboxylic acids is 2. The fourth-order valence-electron chi connectivity index (χ4n) is 5.49. The van der Waals surface area contributed by atoms with E-state index in [-0.39, 0.29) is 16.7 Å². The van der Waals surface area contributed by atoms with Gasteiger partial charge >= 0.3 is 0 Å². The summed E-state index contributed by atoms with van der Waals surface area (Å²) in [6, 6.07) is 20.3. The molecule has 0 aromatic heterocycles. The van der Waals surface area contributed by atoms with Crippen LogP contribution in [0.3, 0.4) is 0 Å². The molecule has 1 aliphatic carbocycles. The van der Waals surface area contributed by atoms with E-state index < -0.39 is 17.7 Å². The van der Waals surface area contributed by atoms with Gasteiger partial charge in [0, 0.05) is 11.3 Å². The summed E-state index contributed by atoms with van der Waals surface area (Å²) in [6.45, 7) is 8.87. The molecule has 1 aliphatic heterocycles. The van der Waals surface area contributed by atoms with E-state index in [4.69, 9.17) is 4.74 Å². The molecule has 2 aliphatic rings. The number of carbonyl (C=O) groups is 2. The van der Waals surface area contributed by atoms with Gasteiger partial charge in [-0.25, -0.2) is 0 Å². The van der Waals surface area contributed by atoms with Crippen molar-refractivity contribution in [2.24, 2.45) is 0 Å². The number of Topliss-reactive ketones (excluding diaryl/α,β-unsaturated/α-hetero) is 1. The zero-order valence-corrected chi connectivity index (χ0v) is 22.6. The Balaban J connectivity index is 1.65. The van der Waals surface area contributed by atoms with Crippen LogP contribution in [0.4, 0.5) is 5.69 Å². The average molecular weight is 510 g/mol. The van der Waals surface area contributed by atoms with Crippen LogP contribution in [0.2, 0.25) is 0 Å². The molecule has 5 heteroatoms. The smallest absolute Gasteiger partial charge is 0.300 e. The van der Waals surface area contributed by atoms with Gasteiger partial charge in [0.2, 0.25) is 0 Å². The number of aliphatic hydroxyl groups is 1. The number of aryl methyl sites for hydroxylation is 2. The Morgan fingerprint density at radius 1 is 0.921 bits per heavy atom. The molecule has 0 bridgehead atoms. The lowest BCUT2D eigenvalue weighted by Gasteiger charge is -2.27. The molecule has 1 fully saturated rings. The number of nitrogens with zero attached hydrogens (tertiary/aromatic N) is 1. The summed E-state index contributed by atoms with van der Waals surface area (Å²) in [4.78, 5) is 28.5. The summed E-state index contributed by atoms with van der Waals surface area (Å²) < 4.78 is 5.57. The van der Waals surface area contributed by atoms with Gasteiger partial charge in [-0.05, 0) is 90.6 Å².